The lowest BCUT2D eigenvalue weighted by atomic mass is 9.68. The third-order valence-electron chi connectivity index (χ3n) is 3.17. The number of Topliss-reactive ketones (excluding diaryl/α,β-unsaturated/α-hetero) is 1. The Kier molecular flexibility index (Phi) is 2.66. The summed E-state index contributed by atoms with van der Waals surface area (Å²) in [5, 5.41) is -0.501. The van der Waals surface area contributed by atoms with Crippen LogP contribution >= 0.6 is 11.6 Å². The van der Waals surface area contributed by atoms with Crippen LogP contribution in [0.1, 0.15) is 12.8 Å². The van der Waals surface area contributed by atoms with Crippen molar-refractivity contribution < 1.29 is 19.1 Å². The second-order valence-corrected chi connectivity index (χ2v) is 4.31. The number of carbonyl (C=O) groups excluding carboxylic acids is 2. The molecule has 0 aromatic heterocycles. The zero-order valence-corrected chi connectivity index (χ0v) is 9.11. The van der Waals surface area contributed by atoms with Gasteiger partial charge < -0.3 is 10.3 Å². The molecule has 0 radical (unpaired) electrons. The number of carbonyl (C=O) groups is 2. The van der Waals surface area contributed by atoms with E-state index in [0.29, 0.717) is 12.8 Å². The smallest absolute Gasteiger partial charge is 0.427 e. The predicted octanol–water partition coefficient (Wildman–Crippen LogP) is 0.932. The molecule has 1 aliphatic heterocycles. The summed E-state index contributed by atoms with van der Waals surface area (Å²) < 4.78 is 4.92. The van der Waals surface area contributed by atoms with E-state index in [2.05, 4.69) is 4.79 Å². The Morgan fingerprint density at radius 1 is 1.62 bits per heavy atom. The van der Waals surface area contributed by atoms with Crippen LogP contribution in [0.3, 0.4) is 0 Å². The van der Waals surface area contributed by atoms with Gasteiger partial charge in [0.25, 0.3) is 5.78 Å². The number of hydrogen-bond acceptors (Lipinski definition) is 3. The van der Waals surface area contributed by atoms with Crippen molar-refractivity contribution in [2.75, 3.05) is 6.61 Å². The van der Waals surface area contributed by atoms with Gasteiger partial charge in [-0.25, -0.2) is 0 Å². The van der Waals surface area contributed by atoms with Crippen LogP contribution in [0.5, 0.6) is 0 Å². The molecule has 0 unspecified atom stereocenters. The number of nitrogens with zero attached hydrogens (tertiary/aromatic N) is 2. The van der Waals surface area contributed by atoms with Crippen molar-refractivity contribution in [3.8, 4) is 0 Å². The molecule has 0 aromatic rings. The summed E-state index contributed by atoms with van der Waals surface area (Å²) in [7, 11) is 0. The molecule has 0 saturated carbocycles. The fourth-order valence-corrected chi connectivity index (χ4v) is 2.43. The molecule has 84 valence electrons. The number of ketones is 1. The number of hydrogen-bond donors (Lipinski definition) is 0. The number of allylic oxidation sites excluding steroid dienone is 2. The molecular weight excluding hydrogens is 232 g/mol. The van der Waals surface area contributed by atoms with Crippen molar-refractivity contribution in [3.63, 3.8) is 0 Å². The Morgan fingerprint density at radius 3 is 3.06 bits per heavy atom. The Balaban J connectivity index is 2.42. The summed E-state index contributed by atoms with van der Waals surface area (Å²) >= 11 is 5.52. The second-order valence-electron chi connectivity index (χ2n) is 3.95. The van der Waals surface area contributed by atoms with E-state index < -0.39 is 22.3 Å². The van der Waals surface area contributed by atoms with Crippen molar-refractivity contribution in [2.45, 2.75) is 12.8 Å². The fourth-order valence-electron chi connectivity index (χ4n) is 2.24. The van der Waals surface area contributed by atoms with Crippen molar-refractivity contribution in [2.24, 2.45) is 11.3 Å². The van der Waals surface area contributed by atoms with Crippen LogP contribution in [-0.2, 0) is 14.3 Å². The summed E-state index contributed by atoms with van der Waals surface area (Å²) in [5.41, 5.74) is 7.53. The van der Waals surface area contributed by atoms with Gasteiger partial charge >= 0.3 is 11.1 Å². The summed E-state index contributed by atoms with van der Waals surface area (Å²) in [6, 6.07) is 0. The van der Waals surface area contributed by atoms with Crippen LogP contribution < -0.4 is 0 Å². The van der Waals surface area contributed by atoms with Crippen molar-refractivity contribution >= 4 is 28.5 Å². The van der Waals surface area contributed by atoms with Gasteiger partial charge in [0.1, 0.15) is 6.61 Å². The normalized spacial score (nSPS) is 31.6. The van der Waals surface area contributed by atoms with E-state index in [4.69, 9.17) is 21.9 Å². The number of ether oxygens (including phenoxy) is 1. The maximum Gasteiger partial charge on any atom is 0.427 e. The van der Waals surface area contributed by atoms with Crippen LogP contribution in [0.25, 0.3) is 5.53 Å². The highest BCUT2D eigenvalue weighted by Gasteiger charge is 2.58. The highest BCUT2D eigenvalue weighted by molar-refractivity contribution is 6.82. The molecule has 2 atom stereocenters. The van der Waals surface area contributed by atoms with Crippen molar-refractivity contribution in [3.05, 3.63) is 17.7 Å². The van der Waals surface area contributed by atoms with Gasteiger partial charge in [-0.15, -0.1) is 4.79 Å². The molecule has 2 rings (SSSR count). The second kappa shape index (κ2) is 3.85. The molecule has 1 saturated heterocycles. The number of fused-ring (bicyclic) bond motifs is 1. The van der Waals surface area contributed by atoms with Gasteiger partial charge in [0.2, 0.25) is 0 Å². The third kappa shape index (κ3) is 1.40. The summed E-state index contributed by atoms with van der Waals surface area (Å²) in [6.07, 6.45) is 4.50. The Morgan fingerprint density at radius 2 is 2.38 bits per heavy atom. The van der Waals surface area contributed by atoms with Gasteiger partial charge in [0, 0.05) is 11.6 Å². The maximum atomic E-state index is 12.0. The number of halogens is 1. The van der Waals surface area contributed by atoms with Crippen LogP contribution in [0, 0.1) is 11.3 Å². The molecule has 1 aliphatic carbocycles. The van der Waals surface area contributed by atoms with Crippen LogP contribution in [0.2, 0.25) is 0 Å². The maximum absolute atomic E-state index is 12.0. The number of esters is 1. The lowest BCUT2D eigenvalue weighted by Crippen LogP contribution is -2.42. The van der Waals surface area contributed by atoms with Crippen LogP contribution in [0.4, 0.5) is 0 Å². The van der Waals surface area contributed by atoms with Crippen LogP contribution in [-0.4, -0.2) is 28.3 Å². The lowest BCUT2D eigenvalue weighted by molar-refractivity contribution is -0.141. The van der Waals surface area contributed by atoms with Gasteiger partial charge in [-0.2, -0.15) is 0 Å². The van der Waals surface area contributed by atoms with E-state index in [0.717, 1.165) is 0 Å². The third-order valence-corrected chi connectivity index (χ3v) is 3.42. The zero-order valence-electron chi connectivity index (χ0n) is 8.35. The van der Waals surface area contributed by atoms with E-state index in [-0.39, 0.29) is 12.6 Å². The monoisotopic (exact) mass is 240 g/mol. The minimum Gasteiger partial charge on any atom is -0.464 e. The molecule has 16 heavy (non-hydrogen) atoms. The molecule has 1 fully saturated rings. The van der Waals surface area contributed by atoms with E-state index in [1.165, 1.54) is 0 Å². The quantitative estimate of drug-likeness (QED) is 0.237. The summed E-state index contributed by atoms with van der Waals surface area (Å²) in [4.78, 5) is 26.2. The first-order valence-electron chi connectivity index (χ1n) is 4.86. The van der Waals surface area contributed by atoms with Gasteiger partial charge in [-0.3, -0.25) is 9.59 Å². The molecule has 0 aromatic carbocycles. The highest BCUT2D eigenvalue weighted by Crippen LogP contribution is 2.44. The molecule has 0 bridgehead atoms. The zero-order chi connectivity index (χ0) is 11.8. The van der Waals surface area contributed by atoms with Crippen molar-refractivity contribution in [1.29, 1.82) is 0 Å². The van der Waals surface area contributed by atoms with Gasteiger partial charge in [-0.1, -0.05) is 12.2 Å². The first-order valence-corrected chi connectivity index (χ1v) is 5.23. The van der Waals surface area contributed by atoms with E-state index in [1.807, 2.05) is 12.2 Å². The topological polar surface area (TPSA) is 79.8 Å². The average molecular weight is 241 g/mol. The van der Waals surface area contributed by atoms with E-state index >= 15 is 0 Å². The van der Waals surface area contributed by atoms with E-state index in [1.54, 1.807) is 0 Å². The summed E-state index contributed by atoms with van der Waals surface area (Å²) in [5.74, 6) is -1.43. The first kappa shape index (κ1) is 11.0. The standard InChI is InChI=1S/C10H9ClN2O3/c11-8(13-12)7(14)10-4-2-1-3-6(10)9(15)16-5-10/h1-2,6H,3-5H2/t6-,10-/m1/s1. The predicted molar refractivity (Wildman–Crippen MR) is 54.7 cm³/mol. The largest absolute Gasteiger partial charge is 0.464 e. The minimum absolute atomic E-state index is 0.00537. The molecule has 6 heteroatoms. The first-order chi connectivity index (χ1) is 7.62. The molecule has 0 N–H and O–H groups in total. The summed E-state index contributed by atoms with van der Waals surface area (Å²) in [6.45, 7) is 0.00537. The van der Waals surface area contributed by atoms with Gasteiger partial charge in [0.15, 0.2) is 0 Å². The SMILES string of the molecule is [N-]=[N+]=C(Cl)C(=O)[C@@]12CC=CC[C@@H]1C(=O)OC2. The Labute approximate surface area is 96.6 Å². The molecule has 1 heterocycles. The highest BCUT2D eigenvalue weighted by atomic mass is 35.5. The fraction of sp³-hybridized carbons (Fsp3) is 0.500. The lowest BCUT2D eigenvalue weighted by Gasteiger charge is -2.28. The molecular formula is C10H9ClN2O3. The Hall–Kier alpha value is -1.45. The molecule has 0 amide bonds. The van der Waals surface area contributed by atoms with Crippen LogP contribution in [0.15, 0.2) is 12.2 Å². The molecule has 0 spiro atoms. The molecule has 5 nitrogen and oxygen atoms in total. The minimum atomic E-state index is -0.977. The number of cyclic esters (lactones) is 1. The van der Waals surface area contributed by atoms with E-state index in [9.17, 15) is 9.59 Å². The average Bonchev–Trinajstić information content (AvgIpc) is 2.67. The van der Waals surface area contributed by atoms with Crippen molar-refractivity contribution in [1.82, 2.24) is 0 Å². The van der Waals surface area contributed by atoms with Gasteiger partial charge in [-0.05, 0) is 12.8 Å². The molecule has 2 aliphatic rings. The Bertz CT molecular complexity index is 439. The van der Waals surface area contributed by atoms with Gasteiger partial charge in [0.05, 0.1) is 11.3 Å². The number of rotatable bonds is 2.